The zero-order valence-electron chi connectivity index (χ0n) is 14.0. The number of hydrogen-bond acceptors (Lipinski definition) is 4. The summed E-state index contributed by atoms with van der Waals surface area (Å²) in [4.78, 5) is 12.0. The third-order valence-corrected chi connectivity index (χ3v) is 5.35. The molecule has 4 rings (SSSR count). The maximum Gasteiger partial charge on any atom is 0.159 e. The van der Waals surface area contributed by atoms with Crippen molar-refractivity contribution in [3.8, 4) is 0 Å². The van der Waals surface area contributed by atoms with E-state index in [9.17, 15) is 0 Å². The fraction of sp³-hybridized carbons (Fsp3) is 0.667. The minimum Gasteiger partial charge on any atom is -0.314 e. The first-order chi connectivity index (χ1) is 11.3. The molecule has 0 bridgehead atoms. The van der Waals surface area contributed by atoms with Gasteiger partial charge in [-0.3, -0.25) is 0 Å². The fourth-order valence-corrected chi connectivity index (χ4v) is 4.11. The lowest BCUT2D eigenvalue weighted by molar-refractivity contribution is 0.367. The van der Waals surface area contributed by atoms with Gasteiger partial charge in [-0.05, 0) is 57.5 Å². The molecule has 5 heteroatoms. The summed E-state index contributed by atoms with van der Waals surface area (Å²) in [5.74, 6) is 1.94. The highest BCUT2D eigenvalue weighted by Gasteiger charge is 2.24. The second kappa shape index (κ2) is 6.57. The van der Waals surface area contributed by atoms with Crippen molar-refractivity contribution in [1.29, 1.82) is 0 Å². The van der Waals surface area contributed by atoms with Crippen LogP contribution in [-0.2, 0) is 13.0 Å². The summed E-state index contributed by atoms with van der Waals surface area (Å²) in [6.07, 6.45) is 8.11. The van der Waals surface area contributed by atoms with Gasteiger partial charge in [-0.15, -0.1) is 0 Å². The second-order valence-electron chi connectivity index (χ2n) is 7.25. The van der Waals surface area contributed by atoms with Crippen molar-refractivity contribution in [1.82, 2.24) is 24.8 Å². The van der Waals surface area contributed by atoms with E-state index in [0.29, 0.717) is 6.04 Å². The monoisotopic (exact) mass is 313 g/mol. The number of hydrogen-bond donors (Lipinski definition) is 1. The van der Waals surface area contributed by atoms with Gasteiger partial charge in [-0.25, -0.2) is 9.97 Å². The van der Waals surface area contributed by atoms with Gasteiger partial charge in [0.15, 0.2) is 5.65 Å². The molecule has 2 unspecified atom stereocenters. The van der Waals surface area contributed by atoms with E-state index in [1.54, 1.807) is 0 Å². The Labute approximate surface area is 138 Å². The average molecular weight is 313 g/mol. The van der Waals surface area contributed by atoms with Crippen LogP contribution in [-0.4, -0.2) is 52.2 Å². The largest absolute Gasteiger partial charge is 0.314 e. The molecule has 2 aromatic rings. The summed E-state index contributed by atoms with van der Waals surface area (Å²) in [5, 5.41) is 3.66. The molecule has 0 saturated carbocycles. The molecule has 2 atom stereocenters. The van der Waals surface area contributed by atoms with Crippen molar-refractivity contribution in [2.24, 2.45) is 5.92 Å². The van der Waals surface area contributed by atoms with Gasteiger partial charge in [0.2, 0.25) is 0 Å². The fourth-order valence-electron chi connectivity index (χ4n) is 4.11. The van der Waals surface area contributed by atoms with Crippen molar-refractivity contribution in [2.45, 2.75) is 44.7 Å². The number of nitrogens with zero attached hydrogens (tertiary/aromatic N) is 4. The van der Waals surface area contributed by atoms with E-state index in [0.717, 1.165) is 36.6 Å². The molecule has 4 heterocycles. The summed E-state index contributed by atoms with van der Waals surface area (Å²) in [6.45, 7) is 4.61. The van der Waals surface area contributed by atoms with Gasteiger partial charge in [-0.1, -0.05) is 6.42 Å². The minimum absolute atomic E-state index is 0.575. The van der Waals surface area contributed by atoms with E-state index < -0.39 is 0 Å². The Bertz CT molecular complexity index is 658. The summed E-state index contributed by atoms with van der Waals surface area (Å²) >= 11 is 0. The van der Waals surface area contributed by atoms with Gasteiger partial charge in [0.1, 0.15) is 11.3 Å². The molecule has 0 spiro atoms. The van der Waals surface area contributed by atoms with E-state index in [2.05, 4.69) is 32.9 Å². The highest BCUT2D eigenvalue weighted by Crippen LogP contribution is 2.22. The van der Waals surface area contributed by atoms with Crippen LogP contribution in [0, 0.1) is 5.92 Å². The Hall–Kier alpha value is -1.46. The molecule has 2 aliphatic heterocycles. The number of likely N-dealkylation sites (tertiary alicyclic amines) is 1. The Morgan fingerprint density at radius 2 is 2.26 bits per heavy atom. The lowest BCUT2D eigenvalue weighted by atomic mass is 10.0. The smallest absolute Gasteiger partial charge is 0.159 e. The van der Waals surface area contributed by atoms with Gasteiger partial charge >= 0.3 is 0 Å². The predicted molar refractivity (Wildman–Crippen MR) is 92.5 cm³/mol. The number of fused-ring (bicyclic) bond motifs is 1. The van der Waals surface area contributed by atoms with Crippen LogP contribution in [0.2, 0.25) is 0 Å². The van der Waals surface area contributed by atoms with Gasteiger partial charge < -0.3 is 14.8 Å². The summed E-state index contributed by atoms with van der Waals surface area (Å²) in [5.41, 5.74) is 2.11. The molecule has 23 heavy (non-hydrogen) atoms. The summed E-state index contributed by atoms with van der Waals surface area (Å²) < 4.78 is 2.40. The Balaban J connectivity index is 1.61. The molecule has 2 aromatic heterocycles. The molecular weight excluding hydrogens is 286 g/mol. The van der Waals surface area contributed by atoms with Crippen molar-refractivity contribution >= 4 is 11.2 Å². The number of aromatic nitrogens is 3. The van der Waals surface area contributed by atoms with Gasteiger partial charge in [0.25, 0.3) is 0 Å². The molecule has 2 aliphatic rings. The first-order valence-electron chi connectivity index (χ1n) is 9.01. The molecule has 0 amide bonds. The topological polar surface area (TPSA) is 46.0 Å². The van der Waals surface area contributed by atoms with Crippen LogP contribution in [0.5, 0.6) is 0 Å². The molecular formula is C18H27N5. The van der Waals surface area contributed by atoms with Crippen molar-refractivity contribution in [3.05, 3.63) is 24.2 Å². The number of imidazole rings is 1. The van der Waals surface area contributed by atoms with E-state index in [1.165, 1.54) is 44.6 Å². The van der Waals surface area contributed by atoms with Gasteiger partial charge in [-0.2, -0.15) is 0 Å². The quantitative estimate of drug-likeness (QED) is 0.938. The maximum absolute atomic E-state index is 4.91. The molecule has 0 aromatic carbocycles. The summed E-state index contributed by atoms with van der Waals surface area (Å²) in [6, 6.07) is 4.66. The van der Waals surface area contributed by atoms with Crippen molar-refractivity contribution < 1.29 is 0 Å². The van der Waals surface area contributed by atoms with E-state index in [-0.39, 0.29) is 0 Å². The first-order valence-corrected chi connectivity index (χ1v) is 9.01. The van der Waals surface area contributed by atoms with Crippen LogP contribution in [0.15, 0.2) is 18.3 Å². The molecule has 0 radical (unpaired) electrons. The number of nitrogens with one attached hydrogen (secondary N) is 1. The molecule has 1 N–H and O–H groups in total. The van der Waals surface area contributed by atoms with E-state index in [1.807, 2.05) is 12.3 Å². The molecule has 5 nitrogen and oxygen atoms in total. The lowest BCUT2D eigenvalue weighted by Crippen LogP contribution is -2.36. The molecule has 2 saturated heterocycles. The first kappa shape index (κ1) is 15.1. The van der Waals surface area contributed by atoms with Crippen molar-refractivity contribution in [2.75, 3.05) is 26.7 Å². The SMILES string of the molecule is CN1CCC(Cn2c(CC3CCCCN3)nc3cccnc32)C1. The highest BCUT2D eigenvalue weighted by molar-refractivity contribution is 5.71. The molecule has 124 valence electrons. The Morgan fingerprint density at radius 3 is 3.04 bits per heavy atom. The van der Waals surface area contributed by atoms with Gasteiger partial charge in [0.05, 0.1) is 0 Å². The number of pyridine rings is 1. The Kier molecular flexibility index (Phi) is 4.31. The number of rotatable bonds is 4. The van der Waals surface area contributed by atoms with E-state index >= 15 is 0 Å². The Morgan fingerprint density at radius 1 is 1.30 bits per heavy atom. The number of piperidine rings is 1. The summed E-state index contributed by atoms with van der Waals surface area (Å²) in [7, 11) is 2.22. The van der Waals surface area contributed by atoms with E-state index in [4.69, 9.17) is 4.98 Å². The van der Waals surface area contributed by atoms with Crippen LogP contribution in [0.4, 0.5) is 0 Å². The maximum atomic E-state index is 4.91. The van der Waals surface area contributed by atoms with Gasteiger partial charge in [0, 0.05) is 31.7 Å². The molecule has 0 aliphatic carbocycles. The second-order valence-corrected chi connectivity index (χ2v) is 7.25. The highest BCUT2D eigenvalue weighted by atomic mass is 15.2. The third-order valence-electron chi connectivity index (χ3n) is 5.35. The zero-order valence-corrected chi connectivity index (χ0v) is 14.0. The average Bonchev–Trinajstić information content (AvgIpc) is 3.13. The van der Waals surface area contributed by atoms with Crippen molar-refractivity contribution in [3.63, 3.8) is 0 Å². The van der Waals surface area contributed by atoms with Crippen LogP contribution in [0.3, 0.4) is 0 Å². The zero-order chi connectivity index (χ0) is 15.6. The standard InChI is InChI=1S/C18H27N5/c1-22-10-7-14(12-22)13-23-17(11-15-5-2-3-8-19-15)21-16-6-4-9-20-18(16)23/h4,6,9,14-15,19H,2-3,5,7-8,10-13H2,1H3. The minimum atomic E-state index is 0.575. The van der Waals surface area contributed by atoms with Crippen LogP contribution in [0.25, 0.3) is 11.2 Å². The lowest BCUT2D eigenvalue weighted by Gasteiger charge is -2.24. The molecule has 2 fully saturated rings. The normalized spacial score (nSPS) is 26.1. The van der Waals surface area contributed by atoms with Crippen LogP contribution < -0.4 is 5.32 Å². The predicted octanol–water partition coefficient (Wildman–Crippen LogP) is 2.07. The van der Waals surface area contributed by atoms with Crippen LogP contribution in [0.1, 0.15) is 31.5 Å². The third kappa shape index (κ3) is 3.26. The van der Waals surface area contributed by atoms with Crippen LogP contribution >= 0.6 is 0 Å².